The fourth-order valence-electron chi connectivity index (χ4n) is 5.17. The predicted octanol–water partition coefficient (Wildman–Crippen LogP) is 6.32. The molecule has 0 radical (unpaired) electrons. The van der Waals surface area contributed by atoms with Crippen molar-refractivity contribution in [2.24, 2.45) is 17.3 Å². The third-order valence-electron chi connectivity index (χ3n) is 7.35. The van der Waals surface area contributed by atoms with E-state index in [0.29, 0.717) is 19.3 Å². The highest BCUT2D eigenvalue weighted by Gasteiger charge is 2.43. The molecule has 2 fully saturated rings. The van der Waals surface area contributed by atoms with Crippen LogP contribution in [0.3, 0.4) is 0 Å². The minimum absolute atomic E-state index is 0.00661. The second kappa shape index (κ2) is 12.7. The van der Waals surface area contributed by atoms with Gasteiger partial charge in [0.2, 0.25) is 0 Å². The molecule has 2 N–H and O–H groups in total. The molecule has 0 aliphatic heterocycles. The van der Waals surface area contributed by atoms with Crippen LogP contribution in [0.5, 0.6) is 0 Å². The van der Waals surface area contributed by atoms with Gasteiger partial charge in [0.15, 0.2) is 0 Å². The zero-order valence-corrected chi connectivity index (χ0v) is 21.6. The van der Waals surface area contributed by atoms with Crippen LogP contribution < -0.4 is 0 Å². The number of alkyl halides is 1. The van der Waals surface area contributed by atoms with Crippen molar-refractivity contribution in [3.05, 3.63) is 45.7 Å². The molecule has 2 unspecified atom stereocenters. The van der Waals surface area contributed by atoms with Gasteiger partial charge in [-0.25, -0.2) is 0 Å². The highest BCUT2D eigenvalue weighted by molar-refractivity contribution is 7.16. The Morgan fingerprint density at radius 2 is 2.12 bits per heavy atom. The molecule has 2 saturated carbocycles. The number of ether oxygens (including phenoxy) is 1. The Kier molecular flexibility index (Phi) is 10.3. The Balaban J connectivity index is 1.50. The van der Waals surface area contributed by atoms with Crippen molar-refractivity contribution >= 4 is 40.5 Å². The first-order valence-corrected chi connectivity index (χ1v) is 13.6. The predicted molar refractivity (Wildman–Crippen MR) is 136 cm³/mol. The summed E-state index contributed by atoms with van der Waals surface area (Å²) in [6.45, 7) is 0. The Labute approximate surface area is 211 Å². The molecule has 184 valence electrons. The van der Waals surface area contributed by atoms with Gasteiger partial charge in [-0.1, -0.05) is 42.3 Å². The second-order valence-electron chi connectivity index (χ2n) is 9.51. The van der Waals surface area contributed by atoms with Gasteiger partial charge < -0.3 is 14.9 Å². The van der Waals surface area contributed by atoms with E-state index in [-0.39, 0.29) is 28.6 Å². The Hall–Kier alpha value is -0.850. The third kappa shape index (κ3) is 7.32. The lowest BCUT2D eigenvalue weighted by atomic mass is 9.62. The Bertz CT molecular complexity index is 817. The lowest BCUT2D eigenvalue weighted by Gasteiger charge is -2.45. The average molecular weight is 516 g/mol. The molecular formula is C26H36Cl2O4S. The zero-order valence-electron chi connectivity index (χ0n) is 19.3. The molecule has 0 aromatic carbocycles. The summed E-state index contributed by atoms with van der Waals surface area (Å²) in [5.74, 6) is -0.0240. The van der Waals surface area contributed by atoms with Crippen molar-refractivity contribution in [2.75, 3.05) is 7.11 Å². The van der Waals surface area contributed by atoms with E-state index in [1.807, 2.05) is 12.1 Å². The molecule has 1 aromatic rings. The van der Waals surface area contributed by atoms with Gasteiger partial charge in [-0.3, -0.25) is 4.79 Å². The first kappa shape index (κ1) is 26.7. The molecule has 1 aromatic heterocycles. The highest BCUT2D eigenvalue weighted by atomic mass is 35.5. The maximum absolute atomic E-state index is 11.2. The highest BCUT2D eigenvalue weighted by Crippen LogP contribution is 2.49. The number of unbranched alkanes of at least 4 members (excludes halogenated alkanes) is 1. The van der Waals surface area contributed by atoms with E-state index in [1.54, 1.807) is 11.3 Å². The third-order valence-corrected chi connectivity index (χ3v) is 9.09. The van der Waals surface area contributed by atoms with Crippen molar-refractivity contribution in [3.8, 4) is 0 Å². The summed E-state index contributed by atoms with van der Waals surface area (Å²) in [5, 5.41) is 21.5. The van der Waals surface area contributed by atoms with Gasteiger partial charge in [0.05, 0.1) is 23.7 Å². The van der Waals surface area contributed by atoms with Crippen molar-refractivity contribution in [3.63, 3.8) is 0 Å². The van der Waals surface area contributed by atoms with E-state index in [2.05, 4.69) is 29.0 Å². The van der Waals surface area contributed by atoms with Crippen LogP contribution in [0.1, 0.15) is 62.7 Å². The number of hydrogen-bond donors (Lipinski definition) is 2. The monoisotopic (exact) mass is 514 g/mol. The molecule has 2 aliphatic rings. The number of aliphatic hydroxyl groups excluding tert-OH is 2. The van der Waals surface area contributed by atoms with E-state index in [9.17, 15) is 15.0 Å². The summed E-state index contributed by atoms with van der Waals surface area (Å²) in [7, 11) is 1.41. The lowest BCUT2D eigenvalue weighted by molar-refractivity contribution is -0.140. The largest absolute Gasteiger partial charge is 0.469 e. The fourth-order valence-corrected chi connectivity index (χ4v) is 6.87. The van der Waals surface area contributed by atoms with Gasteiger partial charge >= 0.3 is 5.97 Å². The molecule has 1 heterocycles. The summed E-state index contributed by atoms with van der Waals surface area (Å²) >= 11 is 14.3. The molecule has 7 heteroatoms. The molecule has 2 aliphatic carbocycles. The summed E-state index contributed by atoms with van der Waals surface area (Å²) in [6.07, 6.45) is 15.5. The maximum Gasteiger partial charge on any atom is 0.305 e. The fraction of sp³-hybridized carbons (Fsp3) is 0.654. The number of methoxy groups -OCH3 is 1. The van der Waals surface area contributed by atoms with Gasteiger partial charge in [0.25, 0.3) is 0 Å². The molecule has 4 nitrogen and oxygen atoms in total. The van der Waals surface area contributed by atoms with Crippen LogP contribution in [0, 0.1) is 17.3 Å². The van der Waals surface area contributed by atoms with E-state index in [4.69, 9.17) is 23.2 Å². The summed E-state index contributed by atoms with van der Waals surface area (Å²) in [4.78, 5) is 12.4. The number of carbonyl (C=O) groups is 1. The number of esters is 1. The van der Waals surface area contributed by atoms with Crippen LogP contribution in [0.2, 0.25) is 4.34 Å². The van der Waals surface area contributed by atoms with Crippen molar-refractivity contribution in [1.29, 1.82) is 0 Å². The van der Waals surface area contributed by atoms with E-state index >= 15 is 0 Å². The Morgan fingerprint density at radius 3 is 2.76 bits per heavy atom. The lowest BCUT2D eigenvalue weighted by Crippen LogP contribution is -2.42. The smallest absolute Gasteiger partial charge is 0.305 e. The van der Waals surface area contributed by atoms with E-state index in [0.717, 1.165) is 49.3 Å². The van der Waals surface area contributed by atoms with Crippen molar-refractivity contribution < 1.29 is 19.7 Å². The zero-order chi connectivity index (χ0) is 23.8. The number of thiophene rings is 1. The molecule has 3 rings (SSSR count). The van der Waals surface area contributed by atoms with Crippen LogP contribution in [-0.4, -0.2) is 40.9 Å². The molecule has 0 saturated heterocycles. The minimum Gasteiger partial charge on any atom is -0.469 e. The topological polar surface area (TPSA) is 66.8 Å². The van der Waals surface area contributed by atoms with Crippen LogP contribution >= 0.6 is 34.5 Å². The van der Waals surface area contributed by atoms with Gasteiger partial charge in [-0.15, -0.1) is 22.9 Å². The standard InChI is InChI=1S/C26H36Cl2O4S/c1-32-25(31)11-5-3-2-4-8-19-20(22(29)16-21(19)27)9-6-10-23(30)26(14-7-15-26)17-18-12-13-24(28)33-18/h2,4,6,9,12-13,19-23,29-30H,3,5,7-8,10-11,14-17H2,1H3/t19-,20+,21?,22-,23?/m1/s1. The molecule has 5 atom stereocenters. The first-order chi connectivity index (χ1) is 15.8. The van der Waals surface area contributed by atoms with Crippen LogP contribution in [0.15, 0.2) is 36.4 Å². The van der Waals surface area contributed by atoms with Crippen molar-refractivity contribution in [1.82, 2.24) is 0 Å². The van der Waals surface area contributed by atoms with Gasteiger partial charge in [0, 0.05) is 28.0 Å². The van der Waals surface area contributed by atoms with Gasteiger partial charge in [-0.2, -0.15) is 0 Å². The minimum atomic E-state index is -0.454. The van der Waals surface area contributed by atoms with Gasteiger partial charge in [0.1, 0.15) is 0 Å². The molecule has 33 heavy (non-hydrogen) atoms. The van der Waals surface area contributed by atoms with Crippen LogP contribution in [-0.2, 0) is 16.0 Å². The van der Waals surface area contributed by atoms with E-state index < -0.39 is 12.2 Å². The first-order valence-electron chi connectivity index (χ1n) is 12.0. The van der Waals surface area contributed by atoms with Gasteiger partial charge in [-0.05, 0) is 69.4 Å². The number of rotatable bonds is 12. The van der Waals surface area contributed by atoms with E-state index in [1.165, 1.54) is 12.0 Å². The number of allylic oxidation sites excluding steroid dienone is 2. The Morgan fingerprint density at radius 1 is 1.33 bits per heavy atom. The normalized spacial score (nSPS) is 27.8. The average Bonchev–Trinajstić information content (AvgIpc) is 3.28. The maximum atomic E-state index is 11.2. The van der Waals surface area contributed by atoms with Crippen molar-refractivity contribution in [2.45, 2.75) is 81.8 Å². The molecular weight excluding hydrogens is 479 g/mol. The SMILES string of the molecule is COC(=O)CCCC=CC[C@H]1C(Cl)C[C@@H](O)[C@H]1C=CCC(O)C1(Cc2ccc(Cl)s2)CCC1. The summed E-state index contributed by atoms with van der Waals surface area (Å²) in [5.41, 5.74) is -0.0613. The van der Waals surface area contributed by atoms with Crippen LogP contribution in [0.4, 0.5) is 0 Å². The number of aliphatic hydroxyl groups is 2. The molecule has 0 spiro atoms. The molecule has 0 bridgehead atoms. The van der Waals surface area contributed by atoms with Crippen LogP contribution in [0.25, 0.3) is 0 Å². The molecule has 0 amide bonds. The number of carbonyl (C=O) groups excluding carboxylic acids is 1. The second-order valence-corrected chi connectivity index (χ2v) is 11.9. The number of halogens is 2. The summed E-state index contributed by atoms with van der Waals surface area (Å²) in [6, 6.07) is 4.00. The summed E-state index contributed by atoms with van der Waals surface area (Å²) < 4.78 is 5.45. The number of hydrogen-bond acceptors (Lipinski definition) is 5. The quantitative estimate of drug-likeness (QED) is 0.148.